The van der Waals surface area contributed by atoms with Gasteiger partial charge in [0.25, 0.3) is 0 Å². The monoisotopic (exact) mass is 521 g/mol. The van der Waals surface area contributed by atoms with E-state index in [-0.39, 0.29) is 24.0 Å². The van der Waals surface area contributed by atoms with E-state index in [1.807, 2.05) is 12.1 Å². The van der Waals surface area contributed by atoms with E-state index in [1.54, 1.807) is 0 Å². The quantitative estimate of drug-likeness (QED) is 0.490. The Morgan fingerprint density at radius 1 is 1.18 bits per heavy atom. The number of fused-ring (bicyclic) bond motifs is 2. The largest absolute Gasteiger partial charge is 0.508 e. The molecule has 1 aromatic heterocycles. The van der Waals surface area contributed by atoms with Crippen LogP contribution < -0.4 is 10.9 Å². The minimum atomic E-state index is -0.152. The number of nitrogens with one attached hydrogen (secondary N) is 3. The van der Waals surface area contributed by atoms with E-state index >= 15 is 0 Å². The molecule has 1 aromatic carbocycles. The van der Waals surface area contributed by atoms with Gasteiger partial charge >= 0.3 is 0 Å². The summed E-state index contributed by atoms with van der Waals surface area (Å²) >= 11 is 0. The molecule has 1 saturated carbocycles. The van der Waals surface area contributed by atoms with Crippen LogP contribution in [-0.2, 0) is 24.2 Å². The van der Waals surface area contributed by atoms with E-state index in [0.29, 0.717) is 30.0 Å². The number of piperazine rings is 1. The lowest BCUT2D eigenvalue weighted by Crippen LogP contribution is -2.58. The molecule has 3 fully saturated rings. The first kappa shape index (κ1) is 25.8. The van der Waals surface area contributed by atoms with Crippen molar-refractivity contribution in [1.29, 1.82) is 0 Å². The second kappa shape index (κ2) is 10.3. The summed E-state index contributed by atoms with van der Waals surface area (Å²) in [5.74, 6) is 2.57. The second-order valence-electron chi connectivity index (χ2n) is 12.1. The molecule has 4 aliphatic rings. The van der Waals surface area contributed by atoms with Gasteiger partial charge in [0.2, 0.25) is 5.91 Å². The van der Waals surface area contributed by atoms with Crippen LogP contribution in [0.25, 0.3) is 0 Å². The van der Waals surface area contributed by atoms with E-state index in [1.165, 1.54) is 11.1 Å². The number of aromatic hydroxyl groups is 1. The molecule has 0 bridgehead atoms. The van der Waals surface area contributed by atoms with Crippen molar-refractivity contribution in [1.82, 2.24) is 35.5 Å². The minimum Gasteiger partial charge on any atom is -0.508 e. The van der Waals surface area contributed by atoms with Crippen molar-refractivity contribution >= 4 is 5.91 Å². The van der Waals surface area contributed by atoms with Crippen LogP contribution in [0.1, 0.15) is 73.4 Å². The minimum absolute atomic E-state index is 0.147. The topological polar surface area (TPSA) is 99.8 Å². The van der Waals surface area contributed by atoms with Gasteiger partial charge < -0.3 is 19.9 Å². The Kier molecular flexibility index (Phi) is 6.97. The van der Waals surface area contributed by atoms with Crippen LogP contribution in [0, 0.1) is 5.92 Å². The number of benzene rings is 1. The molecule has 2 aromatic rings. The molecule has 4 unspecified atom stereocenters. The van der Waals surface area contributed by atoms with Crippen molar-refractivity contribution in [2.45, 2.75) is 82.6 Å². The zero-order valence-corrected chi connectivity index (χ0v) is 23.2. The number of imidazole rings is 1. The molecule has 6 rings (SSSR count). The zero-order valence-electron chi connectivity index (χ0n) is 23.2. The van der Waals surface area contributed by atoms with Gasteiger partial charge in [0.15, 0.2) is 0 Å². The van der Waals surface area contributed by atoms with Gasteiger partial charge in [-0.25, -0.2) is 10.4 Å². The lowest BCUT2D eigenvalue weighted by molar-refractivity contribution is -0.141. The molecule has 1 aliphatic carbocycles. The highest BCUT2D eigenvalue weighted by atomic mass is 16.3. The number of aromatic amines is 1. The van der Waals surface area contributed by atoms with Crippen LogP contribution in [0.4, 0.5) is 0 Å². The van der Waals surface area contributed by atoms with Gasteiger partial charge in [-0.1, -0.05) is 13.0 Å². The molecular formula is C29H43N7O2. The maximum absolute atomic E-state index is 13.5. The summed E-state index contributed by atoms with van der Waals surface area (Å²) in [7, 11) is 4.19. The van der Waals surface area contributed by atoms with E-state index in [2.05, 4.69) is 64.5 Å². The summed E-state index contributed by atoms with van der Waals surface area (Å²) in [5, 5.41) is 9.94. The first-order chi connectivity index (χ1) is 18.3. The highest BCUT2D eigenvalue weighted by molar-refractivity contribution is 5.83. The Balaban J connectivity index is 1.14. The van der Waals surface area contributed by atoms with Crippen molar-refractivity contribution in [3.05, 3.63) is 46.5 Å². The van der Waals surface area contributed by atoms with Crippen LogP contribution in [-0.4, -0.2) is 87.5 Å². The number of hydrogen-bond acceptors (Lipinski definition) is 7. The second-order valence-corrected chi connectivity index (χ2v) is 12.1. The van der Waals surface area contributed by atoms with Crippen molar-refractivity contribution in [2.75, 3.05) is 33.7 Å². The molecule has 1 amide bonds. The third-order valence-corrected chi connectivity index (χ3v) is 9.61. The van der Waals surface area contributed by atoms with E-state index < -0.39 is 0 Å². The van der Waals surface area contributed by atoms with Crippen LogP contribution in [0.2, 0.25) is 0 Å². The molecule has 9 nitrogen and oxygen atoms in total. The van der Waals surface area contributed by atoms with Gasteiger partial charge in [-0.05, 0) is 81.8 Å². The van der Waals surface area contributed by atoms with Gasteiger partial charge in [0, 0.05) is 44.7 Å². The smallest absolute Gasteiger partial charge is 0.240 e. The number of rotatable bonds is 4. The Hall–Kier alpha value is -2.46. The number of carbonyl (C=O) groups excluding carboxylic acids is 1. The first-order valence-corrected chi connectivity index (χ1v) is 14.4. The number of H-pyrrole nitrogens is 1. The molecule has 206 valence electrons. The third-order valence-electron chi connectivity index (χ3n) is 9.61. The van der Waals surface area contributed by atoms with Gasteiger partial charge in [-0.15, -0.1) is 0 Å². The van der Waals surface area contributed by atoms with E-state index in [9.17, 15) is 9.90 Å². The lowest BCUT2D eigenvalue weighted by Gasteiger charge is -2.42. The fraction of sp³-hybridized carbons (Fsp3) is 0.655. The molecule has 2 saturated heterocycles. The average Bonchev–Trinajstić information content (AvgIpc) is 3.50. The Labute approximate surface area is 225 Å². The predicted molar refractivity (Wildman–Crippen MR) is 147 cm³/mol. The fourth-order valence-corrected chi connectivity index (χ4v) is 7.46. The SMILES string of the molecule is CCc1cc(O)ccc1C1CCC2C(C1)NNC2c1nc2c([nH]1)CN(C)[C@H](C(=O)N1CCN(C)C[C@@H]1C)C2. The maximum atomic E-state index is 13.5. The van der Waals surface area contributed by atoms with E-state index in [0.717, 1.165) is 69.1 Å². The Morgan fingerprint density at radius 3 is 2.82 bits per heavy atom. The number of aromatic nitrogens is 2. The molecule has 3 aliphatic heterocycles. The van der Waals surface area contributed by atoms with Crippen LogP contribution >= 0.6 is 0 Å². The Morgan fingerprint density at radius 2 is 2.03 bits per heavy atom. The average molecular weight is 522 g/mol. The molecule has 0 spiro atoms. The number of phenols is 1. The van der Waals surface area contributed by atoms with Gasteiger partial charge in [0.05, 0.1) is 23.5 Å². The molecule has 4 N–H and O–H groups in total. The number of hydrazine groups is 1. The van der Waals surface area contributed by atoms with Gasteiger partial charge in [-0.3, -0.25) is 15.1 Å². The van der Waals surface area contributed by atoms with Crippen molar-refractivity contribution in [3.63, 3.8) is 0 Å². The molecule has 0 radical (unpaired) electrons. The normalized spacial score (nSPS) is 32.3. The highest BCUT2D eigenvalue weighted by Crippen LogP contribution is 2.44. The number of hydrogen-bond donors (Lipinski definition) is 4. The van der Waals surface area contributed by atoms with Crippen LogP contribution in [0.15, 0.2) is 18.2 Å². The summed E-state index contributed by atoms with van der Waals surface area (Å²) in [6, 6.07) is 6.50. The summed E-state index contributed by atoms with van der Waals surface area (Å²) in [6.45, 7) is 7.69. The lowest BCUT2D eigenvalue weighted by atomic mass is 9.73. The summed E-state index contributed by atoms with van der Waals surface area (Å²) < 4.78 is 0. The Bertz CT molecular complexity index is 1180. The molecule has 4 heterocycles. The van der Waals surface area contributed by atoms with Crippen LogP contribution in [0.3, 0.4) is 0 Å². The highest BCUT2D eigenvalue weighted by Gasteiger charge is 2.44. The molecule has 6 atom stereocenters. The summed E-state index contributed by atoms with van der Waals surface area (Å²) in [5.41, 5.74) is 12.0. The zero-order chi connectivity index (χ0) is 26.6. The van der Waals surface area contributed by atoms with E-state index in [4.69, 9.17) is 4.98 Å². The first-order valence-electron chi connectivity index (χ1n) is 14.4. The standard InChI is InChI=1S/C29H43N7O2/c1-5-18-12-20(37)7-9-21(18)19-6-8-22-23(13-19)32-33-27(22)28-30-24-14-26(35(4)16-25(24)31-28)29(38)36-11-10-34(3)15-17(36)2/h7,9,12,17,19,22-23,26-27,32-33,37H,5-6,8,10-11,13-16H2,1-4H3,(H,30,31)/t17-,19?,22?,23?,26-,27?/m0/s1. The number of likely N-dealkylation sites (N-methyl/N-ethyl adjacent to an activating group) is 2. The maximum Gasteiger partial charge on any atom is 0.240 e. The summed E-state index contributed by atoms with van der Waals surface area (Å²) in [4.78, 5) is 28.8. The number of nitrogens with zero attached hydrogens (tertiary/aromatic N) is 4. The van der Waals surface area contributed by atoms with Crippen molar-refractivity contribution in [3.8, 4) is 5.75 Å². The number of phenolic OH excluding ortho intramolecular Hbond substituents is 1. The van der Waals surface area contributed by atoms with Gasteiger partial charge in [0.1, 0.15) is 11.6 Å². The number of amides is 1. The fourth-order valence-electron chi connectivity index (χ4n) is 7.46. The predicted octanol–water partition coefficient (Wildman–Crippen LogP) is 2.30. The van der Waals surface area contributed by atoms with Crippen molar-refractivity contribution < 1.29 is 9.90 Å². The number of carbonyl (C=O) groups is 1. The van der Waals surface area contributed by atoms with Crippen molar-refractivity contribution in [2.24, 2.45) is 5.92 Å². The summed E-state index contributed by atoms with van der Waals surface area (Å²) in [6.07, 6.45) is 4.94. The number of aryl methyl sites for hydroxylation is 1. The molecular weight excluding hydrogens is 478 g/mol. The molecule has 38 heavy (non-hydrogen) atoms. The van der Waals surface area contributed by atoms with Crippen LogP contribution in [0.5, 0.6) is 5.75 Å². The van der Waals surface area contributed by atoms with Gasteiger partial charge in [-0.2, -0.15) is 0 Å². The molecule has 9 heteroatoms. The third kappa shape index (κ3) is 4.63.